The highest BCUT2D eigenvalue weighted by atomic mass is 35.5. The van der Waals surface area contributed by atoms with Crippen LogP contribution in [0.25, 0.3) is 0 Å². The molecule has 0 bridgehead atoms. The molecule has 112 valence electrons. The van der Waals surface area contributed by atoms with Crippen LogP contribution in [-0.4, -0.2) is 0 Å². The zero-order chi connectivity index (χ0) is 15.0. The van der Waals surface area contributed by atoms with Crippen molar-refractivity contribution in [2.24, 2.45) is 5.92 Å². The number of halogens is 4. The highest BCUT2D eigenvalue weighted by Crippen LogP contribution is 2.45. The average Bonchev–Trinajstić information content (AvgIpc) is 3.10. The van der Waals surface area contributed by atoms with Gasteiger partial charge in [-0.2, -0.15) is 13.2 Å². The lowest BCUT2D eigenvalue weighted by Gasteiger charge is -2.20. The molecule has 1 N–H and O–H groups in total. The van der Waals surface area contributed by atoms with Gasteiger partial charge in [0.1, 0.15) is 0 Å². The average molecular weight is 332 g/mol. The van der Waals surface area contributed by atoms with E-state index in [4.69, 9.17) is 11.6 Å². The van der Waals surface area contributed by atoms with Gasteiger partial charge < -0.3 is 5.32 Å². The predicted octanol–water partition coefficient (Wildman–Crippen LogP) is 5.98. The third-order valence-corrected chi connectivity index (χ3v) is 4.82. The van der Waals surface area contributed by atoms with E-state index in [1.54, 1.807) is 11.3 Å². The van der Waals surface area contributed by atoms with Gasteiger partial charge in [0.2, 0.25) is 0 Å². The van der Waals surface area contributed by atoms with Gasteiger partial charge >= 0.3 is 6.18 Å². The second-order valence-electron chi connectivity index (χ2n) is 5.17. The van der Waals surface area contributed by atoms with Crippen molar-refractivity contribution in [3.8, 4) is 0 Å². The van der Waals surface area contributed by atoms with Gasteiger partial charge in [0.25, 0.3) is 0 Å². The van der Waals surface area contributed by atoms with E-state index in [-0.39, 0.29) is 11.1 Å². The summed E-state index contributed by atoms with van der Waals surface area (Å²) in [6.07, 6.45) is -2.10. The standard InChI is InChI=1S/C15H13ClF3NS/c16-11-8-10(15(17,18)19)5-6-12(11)20-14(9-3-4-9)13-2-1-7-21-13/h1-2,5-9,14,20H,3-4H2. The molecule has 1 aliphatic carbocycles. The Morgan fingerprint density at radius 1 is 1.24 bits per heavy atom. The molecule has 1 aromatic heterocycles. The zero-order valence-electron chi connectivity index (χ0n) is 11.0. The molecule has 1 aliphatic rings. The van der Waals surface area contributed by atoms with E-state index in [2.05, 4.69) is 5.32 Å². The fourth-order valence-electron chi connectivity index (χ4n) is 2.30. The summed E-state index contributed by atoms with van der Waals surface area (Å²) in [5.74, 6) is 0.530. The Morgan fingerprint density at radius 3 is 2.52 bits per heavy atom. The van der Waals surface area contributed by atoms with E-state index in [0.29, 0.717) is 11.6 Å². The number of anilines is 1. The first-order chi connectivity index (χ1) is 9.95. The Morgan fingerprint density at radius 2 is 2.00 bits per heavy atom. The predicted molar refractivity (Wildman–Crippen MR) is 79.9 cm³/mol. The van der Waals surface area contributed by atoms with E-state index in [0.717, 1.165) is 25.0 Å². The third-order valence-electron chi connectivity index (χ3n) is 3.55. The van der Waals surface area contributed by atoms with Gasteiger partial charge in [-0.25, -0.2) is 0 Å². The van der Waals surface area contributed by atoms with Crippen LogP contribution in [0.5, 0.6) is 0 Å². The van der Waals surface area contributed by atoms with Crippen LogP contribution in [0.15, 0.2) is 35.7 Å². The molecule has 1 atom stereocenters. The van der Waals surface area contributed by atoms with Gasteiger partial charge in [-0.3, -0.25) is 0 Å². The van der Waals surface area contributed by atoms with Crippen LogP contribution in [0.2, 0.25) is 5.02 Å². The van der Waals surface area contributed by atoms with Crippen LogP contribution in [0, 0.1) is 5.92 Å². The first-order valence-corrected chi connectivity index (χ1v) is 7.87. The summed E-state index contributed by atoms with van der Waals surface area (Å²) < 4.78 is 37.9. The Hall–Kier alpha value is -1.20. The number of hydrogen-bond donors (Lipinski definition) is 1. The molecular formula is C15H13ClF3NS. The maximum absolute atomic E-state index is 12.6. The van der Waals surface area contributed by atoms with E-state index in [1.165, 1.54) is 10.9 Å². The van der Waals surface area contributed by atoms with E-state index in [9.17, 15) is 13.2 Å². The van der Waals surface area contributed by atoms with Crippen molar-refractivity contribution in [1.29, 1.82) is 0 Å². The molecule has 21 heavy (non-hydrogen) atoms. The van der Waals surface area contributed by atoms with Crippen molar-refractivity contribution in [3.05, 3.63) is 51.2 Å². The minimum Gasteiger partial charge on any atom is -0.376 e. The number of nitrogens with one attached hydrogen (secondary N) is 1. The zero-order valence-corrected chi connectivity index (χ0v) is 12.5. The van der Waals surface area contributed by atoms with Crippen molar-refractivity contribution in [3.63, 3.8) is 0 Å². The topological polar surface area (TPSA) is 12.0 Å². The van der Waals surface area contributed by atoms with Crippen molar-refractivity contribution in [1.82, 2.24) is 0 Å². The summed E-state index contributed by atoms with van der Waals surface area (Å²) in [6.45, 7) is 0. The number of alkyl halides is 3. The number of hydrogen-bond acceptors (Lipinski definition) is 2. The van der Waals surface area contributed by atoms with Crippen molar-refractivity contribution >= 4 is 28.6 Å². The van der Waals surface area contributed by atoms with Crippen LogP contribution in [0.1, 0.15) is 29.3 Å². The third kappa shape index (κ3) is 3.35. The van der Waals surface area contributed by atoms with Crippen LogP contribution in [0.4, 0.5) is 18.9 Å². The van der Waals surface area contributed by atoms with Gasteiger partial charge in [0.05, 0.1) is 22.3 Å². The molecular weight excluding hydrogens is 319 g/mol. The SMILES string of the molecule is FC(F)(F)c1ccc(NC(c2cccs2)C2CC2)c(Cl)c1. The minimum absolute atomic E-state index is 0.104. The van der Waals surface area contributed by atoms with Gasteiger partial charge in [-0.1, -0.05) is 17.7 Å². The molecule has 2 aromatic rings. The molecule has 1 heterocycles. The maximum atomic E-state index is 12.6. The monoisotopic (exact) mass is 331 g/mol. The Labute approximate surface area is 129 Å². The second-order valence-corrected chi connectivity index (χ2v) is 6.55. The van der Waals surface area contributed by atoms with E-state index >= 15 is 0 Å². The molecule has 1 unspecified atom stereocenters. The Kier molecular flexibility index (Phi) is 3.88. The van der Waals surface area contributed by atoms with Crippen LogP contribution in [0.3, 0.4) is 0 Å². The van der Waals surface area contributed by atoms with Crippen molar-refractivity contribution < 1.29 is 13.2 Å². The Bertz CT molecular complexity index is 620. The fourth-order valence-corrected chi connectivity index (χ4v) is 3.40. The molecule has 0 saturated heterocycles. The van der Waals surface area contributed by atoms with Crippen molar-refractivity contribution in [2.75, 3.05) is 5.32 Å². The quantitative estimate of drug-likeness (QED) is 0.726. The van der Waals surface area contributed by atoms with Crippen LogP contribution < -0.4 is 5.32 Å². The summed E-state index contributed by atoms with van der Waals surface area (Å²) in [5.41, 5.74) is -0.174. The summed E-state index contributed by atoms with van der Waals surface area (Å²) in [5, 5.41) is 5.41. The smallest absolute Gasteiger partial charge is 0.376 e. The van der Waals surface area contributed by atoms with Gasteiger partial charge in [0, 0.05) is 4.88 Å². The first-order valence-electron chi connectivity index (χ1n) is 6.62. The summed E-state index contributed by atoms with van der Waals surface area (Å²) >= 11 is 7.65. The highest BCUT2D eigenvalue weighted by molar-refractivity contribution is 7.10. The lowest BCUT2D eigenvalue weighted by Crippen LogP contribution is -2.12. The lowest BCUT2D eigenvalue weighted by molar-refractivity contribution is -0.137. The first kappa shape index (κ1) is 14.7. The highest BCUT2D eigenvalue weighted by Gasteiger charge is 2.34. The summed E-state index contributed by atoms with van der Waals surface area (Å²) in [7, 11) is 0. The van der Waals surface area contributed by atoms with Crippen molar-refractivity contribution in [2.45, 2.75) is 25.1 Å². The molecule has 0 amide bonds. The molecule has 1 aromatic carbocycles. The van der Waals surface area contributed by atoms with E-state index in [1.807, 2.05) is 17.5 Å². The van der Waals surface area contributed by atoms with Gasteiger partial charge in [-0.15, -0.1) is 11.3 Å². The number of thiophene rings is 1. The van der Waals surface area contributed by atoms with Gasteiger partial charge in [0.15, 0.2) is 0 Å². The summed E-state index contributed by atoms with van der Waals surface area (Å²) in [6, 6.07) is 7.59. The van der Waals surface area contributed by atoms with Gasteiger partial charge in [-0.05, 0) is 48.4 Å². The molecule has 6 heteroatoms. The number of benzene rings is 1. The second kappa shape index (κ2) is 5.54. The normalized spacial score (nSPS) is 16.8. The maximum Gasteiger partial charge on any atom is 0.416 e. The molecule has 1 fully saturated rings. The molecule has 1 saturated carbocycles. The summed E-state index contributed by atoms with van der Waals surface area (Å²) in [4.78, 5) is 1.19. The molecule has 1 nitrogen and oxygen atoms in total. The molecule has 0 aliphatic heterocycles. The van der Waals surface area contributed by atoms with E-state index < -0.39 is 11.7 Å². The van der Waals surface area contributed by atoms with Crippen LogP contribution in [-0.2, 0) is 6.18 Å². The molecule has 0 radical (unpaired) electrons. The molecule has 3 rings (SSSR count). The Balaban J connectivity index is 1.83. The fraction of sp³-hybridized carbons (Fsp3) is 0.333. The largest absolute Gasteiger partial charge is 0.416 e. The minimum atomic E-state index is -4.37. The van der Waals surface area contributed by atoms with Crippen LogP contribution >= 0.6 is 22.9 Å². The molecule has 0 spiro atoms. The number of rotatable bonds is 4. The lowest BCUT2D eigenvalue weighted by atomic mass is 10.1.